The summed E-state index contributed by atoms with van der Waals surface area (Å²) in [6.45, 7) is 4.51. The van der Waals surface area contributed by atoms with E-state index in [1.54, 1.807) is 12.1 Å². The van der Waals surface area contributed by atoms with Crippen LogP contribution < -0.4 is 0 Å². The molecule has 0 saturated carbocycles. The Kier molecular flexibility index (Phi) is 6.51. The van der Waals surface area contributed by atoms with Crippen molar-refractivity contribution in [2.24, 2.45) is 5.92 Å². The predicted octanol–water partition coefficient (Wildman–Crippen LogP) is 3.85. The maximum absolute atomic E-state index is 9.95. The van der Waals surface area contributed by atoms with Crippen molar-refractivity contribution in [3.8, 4) is 5.75 Å². The lowest BCUT2D eigenvalue weighted by Gasteiger charge is -2.20. The predicted molar refractivity (Wildman–Crippen MR) is 75.8 cm³/mol. The summed E-state index contributed by atoms with van der Waals surface area (Å²) < 4.78 is 0. The fraction of sp³-hybridized carbons (Fsp3) is 0.500. The first-order chi connectivity index (χ1) is 8.69. The van der Waals surface area contributed by atoms with Crippen LogP contribution in [-0.4, -0.2) is 16.8 Å². The molecule has 2 atom stereocenters. The quantitative estimate of drug-likeness (QED) is 0.719. The molecule has 2 heteroatoms. The van der Waals surface area contributed by atoms with Crippen molar-refractivity contribution in [3.05, 3.63) is 42.0 Å². The summed E-state index contributed by atoms with van der Waals surface area (Å²) in [6.07, 6.45) is 6.84. The topological polar surface area (TPSA) is 40.5 Å². The molecule has 2 N–H and O–H groups in total. The highest BCUT2D eigenvalue weighted by molar-refractivity contribution is 5.35. The minimum atomic E-state index is 0.0802. The number of allylic oxidation sites excluding steroid dienone is 1. The molecule has 0 heterocycles. The maximum Gasteiger partial charge on any atom is 0.119 e. The summed E-state index contributed by atoms with van der Waals surface area (Å²) in [4.78, 5) is 0. The average molecular weight is 248 g/mol. The number of aromatic hydroxyl groups is 1. The van der Waals surface area contributed by atoms with Gasteiger partial charge < -0.3 is 10.2 Å². The number of hydrogen-bond donors (Lipinski definition) is 2. The minimum Gasteiger partial charge on any atom is -0.508 e. The maximum atomic E-state index is 9.95. The second kappa shape index (κ2) is 7.93. The van der Waals surface area contributed by atoms with E-state index >= 15 is 0 Å². The number of phenols is 1. The van der Waals surface area contributed by atoms with Crippen molar-refractivity contribution in [1.29, 1.82) is 0 Å². The highest BCUT2D eigenvalue weighted by Crippen LogP contribution is 2.33. The van der Waals surface area contributed by atoms with Gasteiger partial charge in [-0.25, -0.2) is 0 Å². The van der Waals surface area contributed by atoms with Gasteiger partial charge in [0, 0.05) is 0 Å². The van der Waals surface area contributed by atoms with Crippen LogP contribution in [0.4, 0.5) is 0 Å². The zero-order valence-corrected chi connectivity index (χ0v) is 11.3. The highest BCUT2D eigenvalue weighted by Gasteiger charge is 2.16. The van der Waals surface area contributed by atoms with Crippen LogP contribution >= 0.6 is 0 Å². The van der Waals surface area contributed by atoms with E-state index in [0.29, 0.717) is 17.6 Å². The molecule has 0 amide bonds. The van der Waals surface area contributed by atoms with Crippen LogP contribution in [0.1, 0.15) is 44.6 Å². The Bertz CT molecular complexity index is 371. The Balaban J connectivity index is 2.82. The summed E-state index contributed by atoms with van der Waals surface area (Å²) in [7, 11) is 0. The molecule has 2 nitrogen and oxygen atoms in total. The Morgan fingerprint density at radius 2 is 1.94 bits per heavy atom. The van der Waals surface area contributed by atoms with Crippen molar-refractivity contribution < 1.29 is 10.2 Å². The van der Waals surface area contributed by atoms with Crippen LogP contribution in [0.15, 0.2) is 36.4 Å². The van der Waals surface area contributed by atoms with Crippen LogP contribution in [0.2, 0.25) is 0 Å². The molecule has 2 unspecified atom stereocenters. The van der Waals surface area contributed by atoms with E-state index in [9.17, 15) is 5.11 Å². The molecule has 0 aliphatic heterocycles. The molecule has 0 bridgehead atoms. The summed E-state index contributed by atoms with van der Waals surface area (Å²) >= 11 is 0. The van der Waals surface area contributed by atoms with Gasteiger partial charge >= 0.3 is 0 Å². The first kappa shape index (κ1) is 14.8. The van der Waals surface area contributed by atoms with E-state index < -0.39 is 0 Å². The fourth-order valence-electron chi connectivity index (χ4n) is 2.17. The van der Waals surface area contributed by atoms with E-state index in [0.717, 1.165) is 24.8 Å². The summed E-state index contributed by atoms with van der Waals surface area (Å²) in [5, 5.41) is 18.7. The molecule has 0 spiro atoms. The SMILES string of the molecule is CCC(C)CC(C/C=C\CO)c1ccccc1O. The molecule has 0 aromatic heterocycles. The molecular formula is C16H24O2. The monoisotopic (exact) mass is 248 g/mol. The fourth-order valence-corrected chi connectivity index (χ4v) is 2.17. The van der Waals surface area contributed by atoms with Crippen molar-refractivity contribution in [2.75, 3.05) is 6.61 Å². The van der Waals surface area contributed by atoms with Gasteiger partial charge in [0.05, 0.1) is 6.61 Å². The van der Waals surface area contributed by atoms with Crippen LogP contribution in [0.3, 0.4) is 0 Å². The molecule has 0 saturated heterocycles. The molecule has 1 aromatic carbocycles. The standard InChI is InChI=1S/C16H24O2/c1-3-13(2)12-14(8-6-7-11-17)15-9-4-5-10-16(15)18/h4-7,9-10,13-14,17-18H,3,8,11-12H2,1-2H3/b7-6-. The van der Waals surface area contributed by atoms with Crippen LogP contribution in [0.5, 0.6) is 5.75 Å². The number of benzene rings is 1. The number of phenolic OH excluding ortho intramolecular Hbond substituents is 1. The average Bonchev–Trinajstić information content (AvgIpc) is 2.38. The largest absolute Gasteiger partial charge is 0.508 e. The van der Waals surface area contributed by atoms with Crippen molar-refractivity contribution in [3.63, 3.8) is 0 Å². The third-order valence-corrected chi connectivity index (χ3v) is 3.45. The lowest BCUT2D eigenvalue weighted by molar-refractivity contribution is 0.342. The first-order valence-corrected chi connectivity index (χ1v) is 6.72. The van der Waals surface area contributed by atoms with Gasteiger partial charge in [-0.3, -0.25) is 0 Å². The van der Waals surface area contributed by atoms with Gasteiger partial charge in [-0.2, -0.15) is 0 Å². The highest BCUT2D eigenvalue weighted by atomic mass is 16.3. The lowest BCUT2D eigenvalue weighted by Crippen LogP contribution is -2.04. The molecule has 0 fully saturated rings. The molecule has 1 rings (SSSR count). The van der Waals surface area contributed by atoms with Crippen LogP contribution in [-0.2, 0) is 0 Å². The van der Waals surface area contributed by atoms with Gasteiger partial charge in [-0.1, -0.05) is 50.6 Å². The van der Waals surface area contributed by atoms with Crippen molar-refractivity contribution >= 4 is 0 Å². The number of para-hydroxylation sites is 1. The van der Waals surface area contributed by atoms with E-state index in [1.807, 2.05) is 24.3 Å². The number of aliphatic hydroxyl groups is 1. The first-order valence-electron chi connectivity index (χ1n) is 6.72. The van der Waals surface area contributed by atoms with E-state index in [-0.39, 0.29) is 6.61 Å². The Labute approximate surface area is 110 Å². The van der Waals surface area contributed by atoms with Gasteiger partial charge in [-0.15, -0.1) is 0 Å². The molecule has 0 aliphatic carbocycles. The van der Waals surface area contributed by atoms with Gasteiger partial charge in [-0.05, 0) is 36.3 Å². The third-order valence-electron chi connectivity index (χ3n) is 3.45. The minimum absolute atomic E-state index is 0.0802. The normalized spacial score (nSPS) is 14.8. The molecule has 0 aliphatic rings. The molecule has 0 radical (unpaired) electrons. The summed E-state index contributed by atoms with van der Waals surface area (Å²) in [6, 6.07) is 7.56. The zero-order valence-electron chi connectivity index (χ0n) is 11.3. The van der Waals surface area contributed by atoms with E-state index in [1.165, 1.54) is 0 Å². The molecule has 18 heavy (non-hydrogen) atoms. The van der Waals surface area contributed by atoms with Crippen molar-refractivity contribution in [1.82, 2.24) is 0 Å². The van der Waals surface area contributed by atoms with Gasteiger partial charge in [0.25, 0.3) is 0 Å². The Morgan fingerprint density at radius 3 is 2.56 bits per heavy atom. The number of rotatable bonds is 7. The van der Waals surface area contributed by atoms with Gasteiger partial charge in [0.1, 0.15) is 5.75 Å². The van der Waals surface area contributed by atoms with Gasteiger partial charge in [0.2, 0.25) is 0 Å². The molecule has 100 valence electrons. The lowest BCUT2D eigenvalue weighted by atomic mass is 9.85. The van der Waals surface area contributed by atoms with Gasteiger partial charge in [0.15, 0.2) is 0 Å². The summed E-state index contributed by atoms with van der Waals surface area (Å²) in [5.41, 5.74) is 1.01. The molecular weight excluding hydrogens is 224 g/mol. The van der Waals surface area contributed by atoms with Crippen LogP contribution in [0, 0.1) is 5.92 Å². The van der Waals surface area contributed by atoms with Crippen molar-refractivity contribution in [2.45, 2.75) is 39.0 Å². The Hall–Kier alpha value is -1.28. The summed E-state index contributed by atoms with van der Waals surface area (Å²) in [5.74, 6) is 1.34. The van der Waals surface area contributed by atoms with E-state index in [4.69, 9.17) is 5.11 Å². The zero-order chi connectivity index (χ0) is 13.4. The Morgan fingerprint density at radius 1 is 1.22 bits per heavy atom. The molecule has 1 aromatic rings. The van der Waals surface area contributed by atoms with Crippen LogP contribution in [0.25, 0.3) is 0 Å². The van der Waals surface area contributed by atoms with E-state index in [2.05, 4.69) is 13.8 Å². The third kappa shape index (κ3) is 4.53. The number of hydrogen-bond acceptors (Lipinski definition) is 2. The number of aliphatic hydroxyl groups excluding tert-OH is 1. The second-order valence-electron chi connectivity index (χ2n) is 4.89. The second-order valence-corrected chi connectivity index (χ2v) is 4.89. The smallest absolute Gasteiger partial charge is 0.119 e.